The van der Waals surface area contributed by atoms with Crippen molar-refractivity contribution in [1.29, 1.82) is 0 Å². The summed E-state index contributed by atoms with van der Waals surface area (Å²) in [5.41, 5.74) is 0.161. The van der Waals surface area contributed by atoms with Gasteiger partial charge in [-0.05, 0) is 20.0 Å². The van der Waals surface area contributed by atoms with Crippen LogP contribution in [-0.4, -0.2) is 29.6 Å². The van der Waals surface area contributed by atoms with Gasteiger partial charge in [-0.3, -0.25) is 10.1 Å². The minimum atomic E-state index is -1.19. The van der Waals surface area contributed by atoms with Gasteiger partial charge in [-0.2, -0.15) is 0 Å². The van der Waals surface area contributed by atoms with Crippen LogP contribution in [0, 0.1) is 28.9 Å². The molecule has 0 atom stereocenters. The lowest BCUT2D eigenvalue weighted by molar-refractivity contribution is -0.385. The Kier molecular flexibility index (Phi) is 5.03. The Morgan fingerprint density at radius 3 is 2.74 bits per heavy atom. The van der Waals surface area contributed by atoms with Crippen molar-refractivity contribution in [2.75, 3.05) is 13.6 Å². The Hall–Kier alpha value is -2.39. The lowest BCUT2D eigenvalue weighted by atomic mass is 10.0. The third kappa shape index (κ3) is 3.79. The maximum atomic E-state index is 11.0. The number of nitrogens with zero attached hydrogens (tertiary/aromatic N) is 1. The predicted octanol–water partition coefficient (Wildman–Crippen LogP) is 1.56. The van der Waals surface area contributed by atoms with Crippen LogP contribution >= 0.6 is 0 Å². The van der Waals surface area contributed by atoms with Gasteiger partial charge >= 0.3 is 5.97 Å². The van der Waals surface area contributed by atoms with Crippen LogP contribution in [-0.2, 0) is 0 Å². The van der Waals surface area contributed by atoms with E-state index in [0.29, 0.717) is 18.5 Å². The van der Waals surface area contributed by atoms with Crippen LogP contribution in [0.2, 0.25) is 0 Å². The molecule has 0 amide bonds. The molecule has 100 valence electrons. The van der Waals surface area contributed by atoms with E-state index in [9.17, 15) is 14.9 Å². The molecular weight excluding hydrogens is 248 g/mol. The molecule has 6 heteroatoms. The SMILES string of the molecule is CNCCC#Cc1cc(C(=O)O)c(C)c([N+](=O)[O-])c1. The van der Waals surface area contributed by atoms with E-state index in [4.69, 9.17) is 5.11 Å². The van der Waals surface area contributed by atoms with Crippen LogP contribution in [0.4, 0.5) is 5.69 Å². The van der Waals surface area contributed by atoms with Gasteiger partial charge in [0.1, 0.15) is 0 Å². The molecule has 0 saturated carbocycles. The largest absolute Gasteiger partial charge is 0.478 e. The van der Waals surface area contributed by atoms with E-state index in [1.807, 2.05) is 0 Å². The smallest absolute Gasteiger partial charge is 0.336 e. The molecule has 0 aromatic heterocycles. The Morgan fingerprint density at radius 2 is 2.21 bits per heavy atom. The number of nitrogens with one attached hydrogen (secondary N) is 1. The molecule has 6 nitrogen and oxygen atoms in total. The summed E-state index contributed by atoms with van der Waals surface area (Å²) in [6.07, 6.45) is 0.584. The van der Waals surface area contributed by atoms with Crippen molar-refractivity contribution in [3.05, 3.63) is 38.9 Å². The lowest BCUT2D eigenvalue weighted by Crippen LogP contribution is -2.06. The van der Waals surface area contributed by atoms with Crippen LogP contribution in [0.1, 0.15) is 27.9 Å². The lowest BCUT2D eigenvalue weighted by Gasteiger charge is -2.03. The number of carbonyl (C=O) groups is 1. The zero-order chi connectivity index (χ0) is 14.4. The summed E-state index contributed by atoms with van der Waals surface area (Å²) in [6.45, 7) is 2.12. The van der Waals surface area contributed by atoms with Gasteiger partial charge in [0.15, 0.2) is 0 Å². The third-order valence-electron chi connectivity index (χ3n) is 2.54. The Morgan fingerprint density at radius 1 is 1.53 bits per heavy atom. The summed E-state index contributed by atoms with van der Waals surface area (Å²) in [6, 6.07) is 2.66. The summed E-state index contributed by atoms with van der Waals surface area (Å²) < 4.78 is 0. The maximum Gasteiger partial charge on any atom is 0.336 e. The highest BCUT2D eigenvalue weighted by atomic mass is 16.6. The fourth-order valence-corrected chi connectivity index (χ4v) is 1.53. The first kappa shape index (κ1) is 14.7. The van der Waals surface area contributed by atoms with Crippen LogP contribution < -0.4 is 5.32 Å². The summed E-state index contributed by atoms with van der Waals surface area (Å²) >= 11 is 0. The van der Waals surface area contributed by atoms with E-state index >= 15 is 0 Å². The first-order valence-electron chi connectivity index (χ1n) is 5.63. The number of carboxylic acid groups (broad SMARTS) is 1. The van der Waals surface area contributed by atoms with E-state index in [1.54, 1.807) is 7.05 Å². The van der Waals surface area contributed by atoms with Crippen molar-refractivity contribution in [2.45, 2.75) is 13.3 Å². The van der Waals surface area contributed by atoms with Gasteiger partial charge in [0.25, 0.3) is 5.69 Å². The van der Waals surface area contributed by atoms with Gasteiger partial charge < -0.3 is 10.4 Å². The molecule has 0 aliphatic rings. The summed E-state index contributed by atoms with van der Waals surface area (Å²) in [5, 5.41) is 22.8. The summed E-state index contributed by atoms with van der Waals surface area (Å²) in [5.74, 6) is 4.37. The van der Waals surface area contributed by atoms with Crippen molar-refractivity contribution >= 4 is 11.7 Å². The molecule has 0 spiro atoms. The molecule has 0 unspecified atom stereocenters. The summed E-state index contributed by atoms with van der Waals surface area (Å²) in [7, 11) is 1.79. The quantitative estimate of drug-likeness (QED) is 0.372. The topological polar surface area (TPSA) is 92.5 Å². The van der Waals surface area contributed by atoms with Gasteiger partial charge in [0.2, 0.25) is 0 Å². The number of hydrogen-bond donors (Lipinski definition) is 2. The second-order valence-electron chi connectivity index (χ2n) is 3.89. The second kappa shape index (κ2) is 6.52. The molecule has 1 aromatic rings. The standard InChI is InChI=1S/C13H14N2O4/c1-9-11(13(16)17)7-10(5-3-4-6-14-2)8-12(9)15(18)19/h7-8,14H,4,6H2,1-2H3,(H,16,17). The predicted molar refractivity (Wildman–Crippen MR) is 70.2 cm³/mol. The number of carboxylic acids is 1. The summed E-state index contributed by atoms with van der Waals surface area (Å²) in [4.78, 5) is 21.3. The first-order valence-corrected chi connectivity index (χ1v) is 5.63. The molecule has 1 rings (SSSR count). The average molecular weight is 262 g/mol. The molecule has 0 aliphatic heterocycles. The number of aromatic carboxylic acids is 1. The van der Waals surface area contributed by atoms with Crippen LogP contribution in [0.25, 0.3) is 0 Å². The number of rotatable bonds is 4. The highest BCUT2D eigenvalue weighted by molar-refractivity contribution is 5.91. The Labute approximate surface area is 110 Å². The van der Waals surface area contributed by atoms with Crippen molar-refractivity contribution in [3.63, 3.8) is 0 Å². The molecule has 1 aromatic carbocycles. The first-order chi connectivity index (χ1) is 8.97. The molecule has 19 heavy (non-hydrogen) atoms. The van der Waals surface area contributed by atoms with Crippen molar-refractivity contribution < 1.29 is 14.8 Å². The van der Waals surface area contributed by atoms with Crippen molar-refractivity contribution in [3.8, 4) is 11.8 Å². The third-order valence-corrected chi connectivity index (χ3v) is 2.54. The minimum Gasteiger partial charge on any atom is -0.478 e. The fraction of sp³-hybridized carbons (Fsp3) is 0.308. The normalized spacial score (nSPS) is 9.58. The maximum absolute atomic E-state index is 11.0. The van der Waals surface area contributed by atoms with Gasteiger partial charge in [-0.25, -0.2) is 4.79 Å². The Bertz CT molecular complexity index is 535. The monoisotopic (exact) mass is 262 g/mol. The van der Waals surface area contributed by atoms with Crippen molar-refractivity contribution in [1.82, 2.24) is 5.32 Å². The van der Waals surface area contributed by atoms with Crippen LogP contribution in [0.15, 0.2) is 12.1 Å². The van der Waals surface area contributed by atoms with E-state index in [1.165, 1.54) is 19.1 Å². The van der Waals surface area contributed by atoms with Gasteiger partial charge in [-0.1, -0.05) is 11.8 Å². The molecule has 0 radical (unpaired) electrons. The second-order valence-corrected chi connectivity index (χ2v) is 3.89. The number of nitro benzene ring substituents is 1. The van der Waals surface area contributed by atoms with Gasteiger partial charge in [0.05, 0.1) is 10.5 Å². The highest BCUT2D eigenvalue weighted by Crippen LogP contribution is 2.23. The van der Waals surface area contributed by atoms with E-state index < -0.39 is 10.9 Å². The molecule has 0 saturated heterocycles. The zero-order valence-electron chi connectivity index (χ0n) is 10.7. The molecule has 0 heterocycles. The van der Waals surface area contributed by atoms with Crippen LogP contribution in [0.5, 0.6) is 0 Å². The van der Waals surface area contributed by atoms with Gasteiger partial charge in [-0.15, -0.1) is 0 Å². The van der Waals surface area contributed by atoms with E-state index in [0.717, 1.165) is 0 Å². The Balaban J connectivity index is 3.22. The van der Waals surface area contributed by atoms with Crippen molar-refractivity contribution in [2.24, 2.45) is 0 Å². The molecule has 0 bridgehead atoms. The number of hydrogen-bond acceptors (Lipinski definition) is 4. The fourth-order valence-electron chi connectivity index (χ4n) is 1.53. The molecule has 2 N–H and O–H groups in total. The molecule has 0 fully saturated rings. The highest BCUT2D eigenvalue weighted by Gasteiger charge is 2.19. The number of benzene rings is 1. The minimum absolute atomic E-state index is 0.0906. The van der Waals surface area contributed by atoms with Crippen LogP contribution in [0.3, 0.4) is 0 Å². The molecule has 0 aliphatic carbocycles. The molecular formula is C13H14N2O4. The van der Waals surface area contributed by atoms with E-state index in [2.05, 4.69) is 17.2 Å². The van der Waals surface area contributed by atoms with E-state index in [-0.39, 0.29) is 16.8 Å². The zero-order valence-corrected chi connectivity index (χ0v) is 10.7. The number of nitro groups is 1. The average Bonchev–Trinajstić information content (AvgIpc) is 2.35. The van der Waals surface area contributed by atoms with Gasteiger partial charge in [0, 0.05) is 30.2 Å².